The molecule has 9 heteroatoms. The number of nitrogens with one attached hydrogen (secondary N) is 2. The van der Waals surface area contributed by atoms with Crippen molar-refractivity contribution in [3.8, 4) is 17.2 Å². The summed E-state index contributed by atoms with van der Waals surface area (Å²) in [4.78, 5) is 23.9. The molecule has 0 saturated heterocycles. The Kier molecular flexibility index (Phi) is 7.82. The van der Waals surface area contributed by atoms with Crippen LogP contribution in [0.25, 0.3) is 0 Å². The number of hydrazone groups is 1. The summed E-state index contributed by atoms with van der Waals surface area (Å²) in [6.45, 7) is -0.210. The minimum atomic E-state index is -0.466. The summed E-state index contributed by atoms with van der Waals surface area (Å²) in [5.41, 5.74) is 3.43. The molecule has 0 aliphatic rings. The Bertz CT molecular complexity index is 861. The minimum absolute atomic E-state index is 0.210. The highest BCUT2D eigenvalue weighted by Crippen LogP contribution is 2.37. The fourth-order valence-corrected chi connectivity index (χ4v) is 2.69. The third kappa shape index (κ3) is 5.71. The van der Waals surface area contributed by atoms with Gasteiger partial charge in [0.2, 0.25) is 5.75 Å². The van der Waals surface area contributed by atoms with Gasteiger partial charge >= 0.3 is 0 Å². The number of carbonyl (C=O) groups excluding carboxylic acids is 2. The van der Waals surface area contributed by atoms with Crippen LogP contribution >= 0.6 is 15.9 Å². The third-order valence-corrected chi connectivity index (χ3v) is 4.08. The van der Waals surface area contributed by atoms with E-state index in [2.05, 4.69) is 31.8 Å². The highest BCUT2D eigenvalue weighted by Gasteiger charge is 2.12. The Morgan fingerprint density at radius 2 is 1.75 bits per heavy atom. The van der Waals surface area contributed by atoms with Gasteiger partial charge in [0.05, 0.1) is 34.1 Å². The largest absolute Gasteiger partial charge is 0.493 e. The van der Waals surface area contributed by atoms with Crippen LogP contribution in [0.1, 0.15) is 15.9 Å². The summed E-state index contributed by atoms with van der Waals surface area (Å²) >= 11 is 3.29. The minimum Gasteiger partial charge on any atom is -0.493 e. The van der Waals surface area contributed by atoms with Crippen molar-refractivity contribution >= 4 is 34.0 Å². The van der Waals surface area contributed by atoms with Gasteiger partial charge in [-0.25, -0.2) is 5.43 Å². The molecule has 148 valence electrons. The topological polar surface area (TPSA) is 98.2 Å². The maximum Gasteiger partial charge on any atom is 0.259 e. The molecule has 28 heavy (non-hydrogen) atoms. The molecule has 0 aliphatic carbocycles. The number of rotatable bonds is 8. The second-order valence-corrected chi connectivity index (χ2v) is 6.36. The van der Waals surface area contributed by atoms with E-state index in [9.17, 15) is 9.59 Å². The smallest absolute Gasteiger partial charge is 0.259 e. The fourth-order valence-electron chi connectivity index (χ4n) is 2.29. The number of halogens is 1. The molecule has 0 bridgehead atoms. The summed E-state index contributed by atoms with van der Waals surface area (Å²) in [6, 6.07) is 10.2. The van der Waals surface area contributed by atoms with Crippen molar-refractivity contribution in [2.75, 3.05) is 27.9 Å². The van der Waals surface area contributed by atoms with Crippen LogP contribution in [0, 0.1) is 0 Å². The Labute approximate surface area is 171 Å². The van der Waals surface area contributed by atoms with E-state index in [0.29, 0.717) is 28.4 Å². The molecule has 8 nitrogen and oxygen atoms in total. The lowest BCUT2D eigenvalue weighted by Crippen LogP contribution is -2.34. The lowest BCUT2D eigenvalue weighted by atomic mass is 10.2. The normalized spacial score (nSPS) is 10.4. The molecule has 2 aromatic carbocycles. The van der Waals surface area contributed by atoms with Crippen LogP contribution in [-0.2, 0) is 4.79 Å². The number of carbonyl (C=O) groups is 2. The van der Waals surface area contributed by atoms with E-state index >= 15 is 0 Å². The number of hydrogen-bond donors (Lipinski definition) is 2. The van der Waals surface area contributed by atoms with Gasteiger partial charge in [0.1, 0.15) is 0 Å². The zero-order valence-corrected chi connectivity index (χ0v) is 17.2. The first kappa shape index (κ1) is 21.2. The first-order chi connectivity index (χ1) is 13.5. The quantitative estimate of drug-likeness (QED) is 0.476. The van der Waals surface area contributed by atoms with E-state index in [1.54, 1.807) is 36.4 Å². The van der Waals surface area contributed by atoms with Crippen molar-refractivity contribution in [2.45, 2.75) is 0 Å². The molecule has 0 aromatic heterocycles. The molecule has 0 saturated carbocycles. The van der Waals surface area contributed by atoms with Crippen LogP contribution in [-0.4, -0.2) is 45.9 Å². The Morgan fingerprint density at radius 3 is 2.32 bits per heavy atom. The number of methoxy groups -OCH3 is 3. The lowest BCUT2D eigenvalue weighted by molar-refractivity contribution is -0.120. The molecule has 0 atom stereocenters. The zero-order chi connectivity index (χ0) is 20.5. The van der Waals surface area contributed by atoms with Crippen molar-refractivity contribution in [1.82, 2.24) is 10.7 Å². The Balaban J connectivity index is 1.93. The van der Waals surface area contributed by atoms with Gasteiger partial charge < -0.3 is 19.5 Å². The fraction of sp³-hybridized carbons (Fsp3) is 0.211. The highest BCUT2D eigenvalue weighted by atomic mass is 79.9. The molecular weight excluding hydrogens is 430 g/mol. The first-order valence-electron chi connectivity index (χ1n) is 8.14. The molecule has 2 N–H and O–H groups in total. The van der Waals surface area contributed by atoms with E-state index in [-0.39, 0.29) is 12.5 Å². The summed E-state index contributed by atoms with van der Waals surface area (Å²) in [5, 5.41) is 6.40. The number of benzene rings is 2. The van der Waals surface area contributed by atoms with Gasteiger partial charge in [0.25, 0.3) is 11.8 Å². The average Bonchev–Trinajstić information content (AvgIpc) is 2.71. The van der Waals surface area contributed by atoms with Gasteiger partial charge in [-0.05, 0) is 30.3 Å². The van der Waals surface area contributed by atoms with Crippen molar-refractivity contribution < 1.29 is 23.8 Å². The summed E-state index contributed by atoms with van der Waals surface area (Å²) in [5.74, 6) is 0.574. The van der Waals surface area contributed by atoms with Crippen LogP contribution in [0.3, 0.4) is 0 Å². The second-order valence-electron chi connectivity index (χ2n) is 5.44. The van der Waals surface area contributed by atoms with E-state index in [1.165, 1.54) is 27.5 Å². The van der Waals surface area contributed by atoms with Crippen LogP contribution < -0.4 is 25.0 Å². The van der Waals surface area contributed by atoms with Crippen molar-refractivity contribution in [1.29, 1.82) is 0 Å². The summed E-state index contributed by atoms with van der Waals surface area (Å²) in [6.07, 6.45) is 1.43. The molecule has 2 aromatic rings. The molecule has 2 amide bonds. The average molecular weight is 450 g/mol. The third-order valence-electron chi connectivity index (χ3n) is 3.59. The SMILES string of the molecule is COc1cc(C=NNC(=O)CNC(=O)c2cccc(Br)c2)cc(OC)c1OC. The summed E-state index contributed by atoms with van der Waals surface area (Å²) in [7, 11) is 4.53. The van der Waals surface area contributed by atoms with Gasteiger partial charge in [-0.3, -0.25) is 9.59 Å². The van der Waals surface area contributed by atoms with Crippen molar-refractivity contribution in [2.24, 2.45) is 5.10 Å². The zero-order valence-electron chi connectivity index (χ0n) is 15.6. The number of ether oxygens (including phenoxy) is 3. The molecule has 0 aliphatic heterocycles. The highest BCUT2D eigenvalue weighted by molar-refractivity contribution is 9.10. The predicted molar refractivity (Wildman–Crippen MR) is 108 cm³/mol. The number of nitrogens with zero attached hydrogens (tertiary/aromatic N) is 1. The van der Waals surface area contributed by atoms with Gasteiger partial charge in [0, 0.05) is 15.6 Å². The molecule has 0 fully saturated rings. The molecule has 0 radical (unpaired) electrons. The van der Waals surface area contributed by atoms with Crippen LogP contribution in [0.2, 0.25) is 0 Å². The van der Waals surface area contributed by atoms with E-state index in [4.69, 9.17) is 14.2 Å². The van der Waals surface area contributed by atoms with Gasteiger partial charge in [-0.1, -0.05) is 22.0 Å². The number of amides is 2. The lowest BCUT2D eigenvalue weighted by Gasteiger charge is -2.12. The van der Waals surface area contributed by atoms with Crippen molar-refractivity contribution in [3.05, 3.63) is 52.0 Å². The van der Waals surface area contributed by atoms with E-state index in [0.717, 1.165) is 4.47 Å². The molecule has 0 spiro atoms. The van der Waals surface area contributed by atoms with Gasteiger partial charge in [0.15, 0.2) is 11.5 Å². The van der Waals surface area contributed by atoms with Crippen LogP contribution in [0.4, 0.5) is 0 Å². The molecular formula is C19H20BrN3O5. The maximum absolute atomic E-state index is 12.0. The Morgan fingerprint density at radius 1 is 1.07 bits per heavy atom. The number of hydrogen-bond acceptors (Lipinski definition) is 6. The van der Waals surface area contributed by atoms with Gasteiger partial charge in [-0.15, -0.1) is 0 Å². The summed E-state index contributed by atoms with van der Waals surface area (Å²) < 4.78 is 16.5. The van der Waals surface area contributed by atoms with Crippen LogP contribution in [0.5, 0.6) is 17.2 Å². The molecule has 2 rings (SSSR count). The second kappa shape index (κ2) is 10.3. The van der Waals surface area contributed by atoms with E-state index < -0.39 is 5.91 Å². The molecule has 0 heterocycles. The van der Waals surface area contributed by atoms with Crippen LogP contribution in [0.15, 0.2) is 46.0 Å². The predicted octanol–water partition coefficient (Wildman–Crippen LogP) is 2.35. The van der Waals surface area contributed by atoms with Gasteiger partial charge in [-0.2, -0.15) is 5.10 Å². The molecule has 0 unspecified atom stereocenters. The monoisotopic (exact) mass is 449 g/mol. The van der Waals surface area contributed by atoms with E-state index in [1.807, 2.05) is 0 Å². The van der Waals surface area contributed by atoms with Crippen molar-refractivity contribution in [3.63, 3.8) is 0 Å². The maximum atomic E-state index is 12.0. The first-order valence-corrected chi connectivity index (χ1v) is 8.93. The Hall–Kier alpha value is -3.07. The standard InChI is InChI=1S/C19H20BrN3O5/c1-26-15-7-12(8-16(27-2)18(15)28-3)10-22-23-17(24)11-21-19(25)13-5-4-6-14(20)9-13/h4-10H,11H2,1-3H3,(H,21,25)(H,23,24).